The van der Waals surface area contributed by atoms with Gasteiger partial charge in [0.15, 0.2) is 0 Å². The zero-order valence-corrected chi connectivity index (χ0v) is 17.6. The average molecular weight is 419 g/mol. The number of rotatable bonds is 5. The van der Waals surface area contributed by atoms with Gasteiger partial charge in [0.1, 0.15) is 11.6 Å². The number of hydrogen-bond acceptors (Lipinski definition) is 3. The molecule has 1 aromatic rings. The van der Waals surface area contributed by atoms with Crippen LogP contribution >= 0.6 is 23.5 Å². The van der Waals surface area contributed by atoms with E-state index in [-0.39, 0.29) is 28.3 Å². The summed E-state index contributed by atoms with van der Waals surface area (Å²) in [4.78, 5) is 12.5. The van der Waals surface area contributed by atoms with E-state index in [9.17, 15) is 13.6 Å². The highest BCUT2D eigenvalue weighted by Crippen LogP contribution is 2.39. The highest BCUT2D eigenvalue weighted by atomic mass is 35.5. The van der Waals surface area contributed by atoms with Gasteiger partial charge in [0.2, 0.25) is 5.91 Å². The lowest BCUT2D eigenvalue weighted by Gasteiger charge is -2.27. The van der Waals surface area contributed by atoms with Crippen LogP contribution in [0.15, 0.2) is 12.1 Å². The smallest absolute Gasteiger partial charge is 0.223 e. The zero-order chi connectivity index (χ0) is 19.8. The lowest BCUT2D eigenvalue weighted by Crippen LogP contribution is -2.37. The summed E-state index contributed by atoms with van der Waals surface area (Å²) in [5.74, 6) is -1.39. The number of nitrogens with one attached hydrogen (secondary N) is 2. The van der Waals surface area contributed by atoms with Crippen molar-refractivity contribution < 1.29 is 13.6 Å². The molecule has 3 nitrogen and oxygen atoms in total. The topological polar surface area (TPSA) is 41.1 Å². The largest absolute Gasteiger partial charge is 0.349 e. The Morgan fingerprint density at radius 2 is 1.70 bits per heavy atom. The van der Waals surface area contributed by atoms with Crippen LogP contribution < -0.4 is 10.0 Å². The molecule has 0 spiro atoms. The normalized spacial score (nSPS) is 18.9. The van der Waals surface area contributed by atoms with Gasteiger partial charge in [-0.15, -0.1) is 0 Å². The molecule has 1 aromatic carbocycles. The second-order valence-corrected chi connectivity index (χ2v) is 8.40. The molecule has 3 rings (SSSR count). The van der Waals surface area contributed by atoms with Gasteiger partial charge < -0.3 is 5.32 Å². The second-order valence-electron chi connectivity index (χ2n) is 7.18. The van der Waals surface area contributed by atoms with Crippen molar-refractivity contribution in [1.29, 1.82) is 0 Å². The number of halogens is 3. The van der Waals surface area contributed by atoms with Crippen LogP contribution in [0.25, 0.3) is 0 Å². The lowest BCUT2D eigenvalue weighted by molar-refractivity contribution is -0.126. The third-order valence-corrected chi connectivity index (χ3v) is 6.19. The van der Waals surface area contributed by atoms with E-state index in [0.29, 0.717) is 0 Å². The van der Waals surface area contributed by atoms with Crippen molar-refractivity contribution in [2.75, 3.05) is 13.3 Å². The van der Waals surface area contributed by atoms with E-state index in [2.05, 4.69) is 10.0 Å². The monoisotopic (exact) mass is 418 g/mol. The van der Waals surface area contributed by atoms with E-state index in [0.717, 1.165) is 51.4 Å². The van der Waals surface area contributed by atoms with Gasteiger partial charge in [-0.3, -0.25) is 9.52 Å². The molecule has 2 saturated carbocycles. The Labute approximate surface area is 170 Å². The van der Waals surface area contributed by atoms with E-state index in [4.69, 9.17) is 11.6 Å². The molecule has 2 N–H and O–H groups in total. The highest BCUT2D eigenvalue weighted by molar-refractivity contribution is 7.96. The van der Waals surface area contributed by atoms with Crippen molar-refractivity contribution in [3.05, 3.63) is 34.4 Å². The van der Waals surface area contributed by atoms with Gasteiger partial charge in [-0.25, -0.2) is 8.78 Å². The Kier molecular flexibility index (Phi) is 9.33. The molecule has 0 heterocycles. The van der Waals surface area contributed by atoms with Crippen molar-refractivity contribution in [2.24, 2.45) is 11.8 Å². The molecule has 1 amide bonds. The molecule has 2 aliphatic rings. The standard InChI is InChI=1S/C18H22ClF2NO.C2H7NS/c19-13-9-10-14(20)15(16(13)21)17(11-5-1-2-6-11)22-18(23)12-7-3-4-8-12;1-3-4-2/h9-12,17H,1-8H2,(H,22,23);3H,1-2H3. The first-order chi connectivity index (χ1) is 13.0. The number of amides is 1. The first kappa shape index (κ1) is 22.4. The molecule has 1 atom stereocenters. The SMILES string of the molecule is CNSC.O=C(NC(c1c(F)ccc(Cl)c1F)C1CCCC1)C1CCCC1. The van der Waals surface area contributed by atoms with Crippen LogP contribution in [0.3, 0.4) is 0 Å². The molecule has 0 radical (unpaired) electrons. The van der Waals surface area contributed by atoms with Gasteiger partial charge in [-0.2, -0.15) is 0 Å². The van der Waals surface area contributed by atoms with Crippen LogP contribution in [-0.4, -0.2) is 19.2 Å². The van der Waals surface area contributed by atoms with Crippen LogP contribution in [0, 0.1) is 23.5 Å². The zero-order valence-electron chi connectivity index (χ0n) is 16.0. The predicted molar refractivity (Wildman–Crippen MR) is 109 cm³/mol. The van der Waals surface area contributed by atoms with E-state index in [1.807, 2.05) is 13.3 Å². The molecule has 2 aliphatic carbocycles. The van der Waals surface area contributed by atoms with E-state index in [1.165, 1.54) is 12.1 Å². The fourth-order valence-corrected chi connectivity index (χ4v) is 4.17. The molecular weight excluding hydrogens is 390 g/mol. The maximum absolute atomic E-state index is 14.5. The average Bonchev–Trinajstić information content (AvgIpc) is 3.38. The molecule has 2 fully saturated rings. The summed E-state index contributed by atoms with van der Waals surface area (Å²) in [5.41, 5.74) is -0.0734. The Morgan fingerprint density at radius 1 is 1.15 bits per heavy atom. The molecular formula is C20H29ClF2N2OS. The van der Waals surface area contributed by atoms with Crippen LogP contribution in [0.2, 0.25) is 5.02 Å². The molecule has 7 heteroatoms. The number of carbonyl (C=O) groups is 1. The van der Waals surface area contributed by atoms with Crippen molar-refractivity contribution >= 4 is 29.5 Å². The van der Waals surface area contributed by atoms with Gasteiger partial charge in [0.25, 0.3) is 0 Å². The molecule has 1 unspecified atom stereocenters. The first-order valence-electron chi connectivity index (χ1n) is 9.63. The van der Waals surface area contributed by atoms with Crippen molar-refractivity contribution in [2.45, 2.75) is 57.4 Å². The Hall–Kier alpha value is -0.850. The van der Waals surface area contributed by atoms with Crippen LogP contribution in [0.4, 0.5) is 8.78 Å². The Balaban J connectivity index is 0.000000596. The Bertz CT molecular complexity index is 618. The minimum absolute atomic E-state index is 0.0239. The second kappa shape index (κ2) is 11.2. The van der Waals surface area contributed by atoms with Gasteiger partial charge in [0.05, 0.1) is 11.1 Å². The predicted octanol–water partition coefficient (Wildman–Crippen LogP) is 5.64. The third-order valence-electron chi connectivity index (χ3n) is 5.49. The van der Waals surface area contributed by atoms with Crippen molar-refractivity contribution in [1.82, 2.24) is 10.0 Å². The summed E-state index contributed by atoms with van der Waals surface area (Å²) >= 11 is 7.45. The molecule has 0 aliphatic heterocycles. The first-order valence-corrected chi connectivity index (χ1v) is 11.2. The summed E-state index contributed by atoms with van der Waals surface area (Å²) in [5, 5.41) is 2.85. The van der Waals surface area contributed by atoms with Gasteiger partial charge in [-0.05, 0) is 57.0 Å². The maximum atomic E-state index is 14.5. The van der Waals surface area contributed by atoms with E-state index < -0.39 is 17.7 Å². The summed E-state index contributed by atoms with van der Waals surface area (Å²) in [6.07, 6.45) is 9.63. The summed E-state index contributed by atoms with van der Waals surface area (Å²) in [6, 6.07) is 1.79. The van der Waals surface area contributed by atoms with E-state index in [1.54, 1.807) is 11.9 Å². The molecule has 0 saturated heterocycles. The molecule has 152 valence electrons. The summed E-state index contributed by atoms with van der Waals surface area (Å²) < 4.78 is 31.6. The van der Waals surface area contributed by atoms with E-state index >= 15 is 0 Å². The van der Waals surface area contributed by atoms with Crippen LogP contribution in [-0.2, 0) is 4.79 Å². The summed E-state index contributed by atoms with van der Waals surface area (Å²) in [6.45, 7) is 0. The lowest BCUT2D eigenvalue weighted by atomic mass is 9.90. The Morgan fingerprint density at radius 3 is 2.26 bits per heavy atom. The third kappa shape index (κ3) is 6.06. The molecule has 0 bridgehead atoms. The molecule has 27 heavy (non-hydrogen) atoms. The number of carbonyl (C=O) groups excluding carboxylic acids is 1. The van der Waals surface area contributed by atoms with Crippen LogP contribution in [0.1, 0.15) is 63.0 Å². The van der Waals surface area contributed by atoms with Gasteiger partial charge in [0, 0.05) is 11.5 Å². The quantitative estimate of drug-likeness (QED) is 0.480. The van der Waals surface area contributed by atoms with Crippen molar-refractivity contribution in [3.63, 3.8) is 0 Å². The number of hydrogen-bond donors (Lipinski definition) is 2. The minimum atomic E-state index is -0.740. The van der Waals surface area contributed by atoms with Gasteiger partial charge in [-0.1, -0.05) is 49.2 Å². The molecule has 0 aromatic heterocycles. The fourth-order valence-electron chi connectivity index (χ4n) is 4.00. The number of benzene rings is 1. The van der Waals surface area contributed by atoms with Crippen molar-refractivity contribution in [3.8, 4) is 0 Å². The summed E-state index contributed by atoms with van der Waals surface area (Å²) in [7, 11) is 1.89. The maximum Gasteiger partial charge on any atom is 0.223 e. The highest BCUT2D eigenvalue weighted by Gasteiger charge is 2.34. The van der Waals surface area contributed by atoms with Crippen LogP contribution in [0.5, 0.6) is 0 Å². The minimum Gasteiger partial charge on any atom is -0.349 e. The van der Waals surface area contributed by atoms with Gasteiger partial charge >= 0.3 is 0 Å². The fraction of sp³-hybridized carbons (Fsp3) is 0.650.